The first-order valence-electron chi connectivity index (χ1n) is 10.1. The molecule has 0 aliphatic carbocycles. The SMILES string of the molecule is O=S(=O)(c1ccc2c(c1)OCCO2)c1nc(-c2ccco2)oc1N1CCCCCC1. The lowest BCUT2D eigenvalue weighted by Crippen LogP contribution is -2.25. The maximum Gasteiger partial charge on any atom is 0.266 e. The fourth-order valence-corrected chi connectivity index (χ4v) is 5.09. The van der Waals surface area contributed by atoms with E-state index >= 15 is 0 Å². The molecule has 2 aromatic heterocycles. The van der Waals surface area contributed by atoms with Crippen molar-refractivity contribution >= 4 is 15.7 Å². The van der Waals surface area contributed by atoms with Gasteiger partial charge in [0.25, 0.3) is 5.89 Å². The number of hydrogen-bond acceptors (Lipinski definition) is 8. The van der Waals surface area contributed by atoms with Crippen LogP contribution in [0.3, 0.4) is 0 Å². The number of sulfone groups is 1. The summed E-state index contributed by atoms with van der Waals surface area (Å²) < 4.78 is 49.6. The third-order valence-corrected chi connectivity index (χ3v) is 6.93. The lowest BCUT2D eigenvalue weighted by atomic mass is 10.2. The van der Waals surface area contributed by atoms with E-state index in [-0.39, 0.29) is 21.7 Å². The first-order chi connectivity index (χ1) is 14.6. The fraction of sp³-hybridized carbons (Fsp3) is 0.381. The van der Waals surface area contributed by atoms with Crippen LogP contribution in [0.2, 0.25) is 0 Å². The number of oxazole rings is 1. The van der Waals surface area contributed by atoms with Crippen LogP contribution in [0, 0.1) is 0 Å². The van der Waals surface area contributed by atoms with Gasteiger partial charge in [0, 0.05) is 19.2 Å². The molecule has 9 heteroatoms. The smallest absolute Gasteiger partial charge is 0.266 e. The number of benzene rings is 1. The number of anilines is 1. The first kappa shape index (κ1) is 19.0. The van der Waals surface area contributed by atoms with Gasteiger partial charge in [0.2, 0.25) is 20.7 Å². The topological polar surface area (TPSA) is 95.0 Å². The second-order valence-corrected chi connectivity index (χ2v) is 9.18. The first-order valence-corrected chi connectivity index (χ1v) is 11.6. The quantitative estimate of drug-likeness (QED) is 0.615. The Morgan fingerprint density at radius 3 is 2.43 bits per heavy atom. The largest absolute Gasteiger partial charge is 0.486 e. The van der Waals surface area contributed by atoms with Crippen LogP contribution in [0.4, 0.5) is 5.88 Å². The van der Waals surface area contributed by atoms with Crippen LogP contribution >= 0.6 is 0 Å². The Morgan fingerprint density at radius 1 is 0.933 bits per heavy atom. The van der Waals surface area contributed by atoms with E-state index in [1.165, 1.54) is 18.4 Å². The summed E-state index contributed by atoms with van der Waals surface area (Å²) in [5.74, 6) is 1.74. The highest BCUT2D eigenvalue weighted by Gasteiger charge is 2.33. The van der Waals surface area contributed by atoms with Crippen LogP contribution in [-0.2, 0) is 9.84 Å². The molecule has 0 bridgehead atoms. The monoisotopic (exact) mass is 430 g/mol. The molecule has 4 heterocycles. The number of hydrogen-bond donors (Lipinski definition) is 0. The molecule has 0 N–H and O–H groups in total. The summed E-state index contributed by atoms with van der Waals surface area (Å²) in [6.07, 6.45) is 5.67. The van der Waals surface area contributed by atoms with Crippen molar-refractivity contribution in [1.82, 2.24) is 4.98 Å². The molecule has 1 saturated heterocycles. The fourth-order valence-electron chi connectivity index (χ4n) is 3.75. The zero-order chi connectivity index (χ0) is 20.6. The van der Waals surface area contributed by atoms with Crippen molar-refractivity contribution < 1.29 is 26.7 Å². The predicted molar refractivity (Wildman–Crippen MR) is 108 cm³/mol. The van der Waals surface area contributed by atoms with E-state index in [1.54, 1.807) is 18.2 Å². The molecule has 0 spiro atoms. The molecule has 30 heavy (non-hydrogen) atoms. The van der Waals surface area contributed by atoms with E-state index in [0.29, 0.717) is 30.5 Å². The standard InChI is InChI=1S/C21H22N2O6S/c24-30(25,15-7-8-16-18(14-15)28-13-12-27-16)20-21(23-9-3-1-2-4-10-23)29-19(22-20)17-6-5-11-26-17/h5-8,11,14H,1-4,9-10,12-13H2. The number of ether oxygens (including phenoxy) is 2. The summed E-state index contributed by atoms with van der Waals surface area (Å²) in [6.45, 7) is 2.25. The lowest BCUT2D eigenvalue weighted by molar-refractivity contribution is 0.171. The maximum absolute atomic E-state index is 13.6. The second-order valence-electron chi connectivity index (χ2n) is 7.32. The Morgan fingerprint density at radius 2 is 1.70 bits per heavy atom. The van der Waals surface area contributed by atoms with Crippen molar-refractivity contribution in [3.05, 3.63) is 36.6 Å². The van der Waals surface area contributed by atoms with Crippen LogP contribution in [0.5, 0.6) is 11.5 Å². The van der Waals surface area contributed by atoms with Gasteiger partial charge >= 0.3 is 0 Å². The molecule has 1 fully saturated rings. The molecule has 0 atom stereocenters. The molecule has 1 aromatic carbocycles. The molecule has 2 aliphatic rings. The Kier molecular flexibility index (Phi) is 4.90. The maximum atomic E-state index is 13.6. The van der Waals surface area contributed by atoms with Gasteiger partial charge in [-0.2, -0.15) is 4.98 Å². The molecule has 2 aliphatic heterocycles. The number of furan rings is 1. The van der Waals surface area contributed by atoms with E-state index in [2.05, 4.69) is 4.98 Å². The predicted octanol–water partition coefficient (Wildman–Crippen LogP) is 3.92. The highest BCUT2D eigenvalue weighted by atomic mass is 32.2. The minimum atomic E-state index is -3.96. The Bertz CT molecular complexity index is 1130. The zero-order valence-corrected chi connectivity index (χ0v) is 17.2. The van der Waals surface area contributed by atoms with Gasteiger partial charge < -0.3 is 23.2 Å². The van der Waals surface area contributed by atoms with E-state index in [1.807, 2.05) is 4.90 Å². The Hall–Kier alpha value is -2.94. The molecule has 0 amide bonds. The van der Waals surface area contributed by atoms with Crippen LogP contribution < -0.4 is 14.4 Å². The third-order valence-electron chi connectivity index (χ3n) is 5.28. The van der Waals surface area contributed by atoms with Gasteiger partial charge in [0.1, 0.15) is 13.2 Å². The van der Waals surface area contributed by atoms with Gasteiger partial charge in [0.15, 0.2) is 17.3 Å². The van der Waals surface area contributed by atoms with Gasteiger partial charge in [-0.05, 0) is 37.1 Å². The van der Waals surface area contributed by atoms with E-state index in [4.69, 9.17) is 18.3 Å². The van der Waals surface area contributed by atoms with Crippen molar-refractivity contribution in [2.75, 3.05) is 31.2 Å². The summed E-state index contributed by atoms with van der Waals surface area (Å²) in [7, 11) is -3.96. The van der Waals surface area contributed by atoms with Crippen LogP contribution in [-0.4, -0.2) is 39.7 Å². The van der Waals surface area contributed by atoms with Gasteiger partial charge in [-0.15, -0.1) is 0 Å². The molecular formula is C21H22N2O6S. The van der Waals surface area contributed by atoms with Crippen LogP contribution in [0.1, 0.15) is 25.7 Å². The average molecular weight is 430 g/mol. The van der Waals surface area contributed by atoms with Gasteiger partial charge in [-0.1, -0.05) is 12.8 Å². The van der Waals surface area contributed by atoms with Crippen molar-refractivity contribution in [2.45, 2.75) is 35.6 Å². The van der Waals surface area contributed by atoms with Crippen molar-refractivity contribution in [1.29, 1.82) is 0 Å². The highest BCUT2D eigenvalue weighted by molar-refractivity contribution is 7.91. The minimum absolute atomic E-state index is 0.0853. The van der Waals surface area contributed by atoms with Gasteiger partial charge in [-0.3, -0.25) is 0 Å². The van der Waals surface area contributed by atoms with E-state index in [0.717, 1.165) is 38.8 Å². The third kappa shape index (κ3) is 3.43. The zero-order valence-electron chi connectivity index (χ0n) is 16.4. The number of aromatic nitrogens is 1. The summed E-state index contributed by atoms with van der Waals surface area (Å²) in [4.78, 5) is 6.41. The van der Waals surface area contributed by atoms with Gasteiger partial charge in [-0.25, -0.2) is 8.42 Å². The van der Waals surface area contributed by atoms with E-state index in [9.17, 15) is 8.42 Å². The normalized spacial score (nSPS) is 17.0. The van der Waals surface area contributed by atoms with Crippen LogP contribution in [0.15, 0.2) is 55.4 Å². The highest BCUT2D eigenvalue weighted by Crippen LogP contribution is 2.38. The molecule has 0 saturated carbocycles. The second kappa shape index (κ2) is 7.71. The molecule has 0 radical (unpaired) electrons. The average Bonchev–Trinajstić information content (AvgIpc) is 3.38. The summed E-state index contributed by atoms with van der Waals surface area (Å²) in [6, 6.07) is 8.01. The van der Waals surface area contributed by atoms with Crippen molar-refractivity contribution in [3.8, 4) is 23.1 Å². The summed E-state index contributed by atoms with van der Waals surface area (Å²) in [5.41, 5.74) is 0. The summed E-state index contributed by atoms with van der Waals surface area (Å²) in [5, 5.41) is -0.104. The van der Waals surface area contributed by atoms with Crippen LogP contribution in [0.25, 0.3) is 11.7 Å². The van der Waals surface area contributed by atoms with Crippen molar-refractivity contribution in [3.63, 3.8) is 0 Å². The molecule has 158 valence electrons. The number of fused-ring (bicyclic) bond motifs is 1. The molecular weight excluding hydrogens is 408 g/mol. The Balaban J connectivity index is 1.61. The van der Waals surface area contributed by atoms with Gasteiger partial charge in [0.05, 0.1) is 11.2 Å². The molecule has 8 nitrogen and oxygen atoms in total. The number of nitrogens with zero attached hydrogens (tertiary/aromatic N) is 2. The lowest BCUT2D eigenvalue weighted by Gasteiger charge is -2.21. The summed E-state index contributed by atoms with van der Waals surface area (Å²) >= 11 is 0. The molecule has 0 unspecified atom stereocenters. The van der Waals surface area contributed by atoms with Crippen molar-refractivity contribution in [2.24, 2.45) is 0 Å². The Labute approximate surface area is 174 Å². The number of rotatable bonds is 4. The van der Waals surface area contributed by atoms with E-state index < -0.39 is 9.84 Å². The molecule has 5 rings (SSSR count). The molecule has 3 aromatic rings. The minimum Gasteiger partial charge on any atom is -0.486 e.